The molecule has 0 unspecified atom stereocenters. The van der Waals surface area contributed by atoms with Crippen molar-refractivity contribution in [2.24, 2.45) is 12.8 Å². The number of rotatable bonds is 5. The van der Waals surface area contributed by atoms with Crippen LogP contribution >= 0.6 is 0 Å². The van der Waals surface area contributed by atoms with Gasteiger partial charge in [-0.05, 0) is 12.8 Å². The topological polar surface area (TPSA) is 47.1 Å². The van der Waals surface area contributed by atoms with Crippen LogP contribution in [0.25, 0.3) is 0 Å². The highest BCUT2D eigenvalue weighted by Gasteiger charge is 2.24. The quantitative estimate of drug-likeness (QED) is 0.776. The predicted molar refractivity (Wildman–Crippen MR) is 60.3 cm³/mol. The highest BCUT2D eigenvalue weighted by atomic mass is 15.2. The standard InChI is InChI=1S/C11H20N4/c1-14-8-10(7-13-14)9-15(6-5-12)11-3-2-4-11/h7-8,11H,2-6,9,12H2,1H3. The van der Waals surface area contributed by atoms with Gasteiger partial charge in [0.25, 0.3) is 0 Å². The van der Waals surface area contributed by atoms with Gasteiger partial charge in [-0.15, -0.1) is 0 Å². The summed E-state index contributed by atoms with van der Waals surface area (Å²) in [6, 6.07) is 0.758. The second-order valence-corrected chi connectivity index (χ2v) is 4.37. The van der Waals surface area contributed by atoms with Crippen LogP contribution in [0.4, 0.5) is 0 Å². The molecule has 1 aliphatic carbocycles. The molecule has 1 heterocycles. The molecule has 1 aromatic rings. The molecule has 4 heteroatoms. The lowest BCUT2D eigenvalue weighted by molar-refractivity contribution is 0.123. The fraction of sp³-hybridized carbons (Fsp3) is 0.727. The minimum atomic E-state index is 0.747. The van der Waals surface area contributed by atoms with Gasteiger partial charge in [-0.1, -0.05) is 6.42 Å². The average molecular weight is 208 g/mol. The molecule has 2 N–H and O–H groups in total. The van der Waals surface area contributed by atoms with E-state index in [9.17, 15) is 0 Å². The van der Waals surface area contributed by atoms with Crippen molar-refractivity contribution in [3.05, 3.63) is 18.0 Å². The Hall–Kier alpha value is -0.870. The molecule has 0 aromatic carbocycles. The van der Waals surface area contributed by atoms with E-state index in [0.717, 1.165) is 25.7 Å². The molecule has 1 aromatic heterocycles. The lowest BCUT2D eigenvalue weighted by atomic mass is 9.91. The lowest BCUT2D eigenvalue weighted by Gasteiger charge is -2.37. The summed E-state index contributed by atoms with van der Waals surface area (Å²) in [7, 11) is 1.96. The Bertz CT molecular complexity index is 303. The molecule has 1 saturated carbocycles. The van der Waals surface area contributed by atoms with Crippen molar-refractivity contribution in [3.8, 4) is 0 Å². The maximum atomic E-state index is 5.64. The Balaban J connectivity index is 1.93. The second-order valence-electron chi connectivity index (χ2n) is 4.37. The second kappa shape index (κ2) is 4.77. The van der Waals surface area contributed by atoms with Crippen molar-refractivity contribution in [3.63, 3.8) is 0 Å². The summed E-state index contributed by atoms with van der Waals surface area (Å²) in [5.41, 5.74) is 6.93. The molecule has 0 atom stereocenters. The monoisotopic (exact) mass is 208 g/mol. The highest BCUT2D eigenvalue weighted by Crippen LogP contribution is 2.25. The third-order valence-corrected chi connectivity index (χ3v) is 3.15. The first-order valence-corrected chi connectivity index (χ1v) is 5.71. The first kappa shape index (κ1) is 10.6. The van der Waals surface area contributed by atoms with Gasteiger partial charge in [0.1, 0.15) is 0 Å². The van der Waals surface area contributed by atoms with Crippen LogP contribution in [-0.4, -0.2) is 33.8 Å². The fourth-order valence-corrected chi connectivity index (χ4v) is 2.10. The van der Waals surface area contributed by atoms with Crippen molar-refractivity contribution in [1.82, 2.24) is 14.7 Å². The SMILES string of the molecule is Cn1cc(CN(CCN)C2CCC2)cn1. The molecule has 2 rings (SSSR count). The third-order valence-electron chi connectivity index (χ3n) is 3.15. The Kier molecular flexibility index (Phi) is 3.38. The molecule has 15 heavy (non-hydrogen) atoms. The van der Waals surface area contributed by atoms with Crippen LogP contribution in [0.2, 0.25) is 0 Å². The summed E-state index contributed by atoms with van der Waals surface area (Å²) in [5.74, 6) is 0. The van der Waals surface area contributed by atoms with Crippen LogP contribution in [0, 0.1) is 0 Å². The van der Waals surface area contributed by atoms with Crippen LogP contribution < -0.4 is 5.73 Å². The molecule has 4 nitrogen and oxygen atoms in total. The Morgan fingerprint density at radius 1 is 1.60 bits per heavy atom. The van der Waals surface area contributed by atoms with Crippen molar-refractivity contribution in [1.29, 1.82) is 0 Å². The van der Waals surface area contributed by atoms with E-state index in [2.05, 4.69) is 16.2 Å². The van der Waals surface area contributed by atoms with E-state index in [1.54, 1.807) is 0 Å². The largest absolute Gasteiger partial charge is 0.329 e. The molecular formula is C11H20N4. The van der Waals surface area contributed by atoms with E-state index in [1.165, 1.54) is 24.8 Å². The van der Waals surface area contributed by atoms with Crippen LogP contribution in [0.5, 0.6) is 0 Å². The van der Waals surface area contributed by atoms with E-state index in [1.807, 2.05) is 17.9 Å². The number of hydrogen-bond donors (Lipinski definition) is 1. The smallest absolute Gasteiger partial charge is 0.0534 e. The average Bonchev–Trinajstić information content (AvgIpc) is 2.48. The molecule has 0 spiro atoms. The minimum Gasteiger partial charge on any atom is -0.329 e. The molecule has 0 bridgehead atoms. The maximum Gasteiger partial charge on any atom is 0.0534 e. The summed E-state index contributed by atoms with van der Waals surface area (Å²) in [6.07, 6.45) is 8.07. The summed E-state index contributed by atoms with van der Waals surface area (Å²) >= 11 is 0. The zero-order chi connectivity index (χ0) is 10.7. The summed E-state index contributed by atoms with van der Waals surface area (Å²) in [5, 5.41) is 4.19. The van der Waals surface area contributed by atoms with Crippen molar-refractivity contribution >= 4 is 0 Å². The predicted octanol–water partition coefficient (Wildman–Crippen LogP) is 0.733. The van der Waals surface area contributed by atoms with Gasteiger partial charge in [-0.2, -0.15) is 5.10 Å². The Morgan fingerprint density at radius 3 is 2.87 bits per heavy atom. The number of hydrogen-bond acceptors (Lipinski definition) is 3. The Morgan fingerprint density at radius 2 is 2.40 bits per heavy atom. The third kappa shape index (κ3) is 2.58. The van der Waals surface area contributed by atoms with Crippen LogP contribution in [0.15, 0.2) is 12.4 Å². The molecule has 0 radical (unpaired) electrons. The Labute approximate surface area is 91.1 Å². The van der Waals surface area contributed by atoms with Crippen molar-refractivity contribution < 1.29 is 0 Å². The fourth-order valence-electron chi connectivity index (χ4n) is 2.10. The van der Waals surface area contributed by atoms with E-state index in [-0.39, 0.29) is 0 Å². The van der Waals surface area contributed by atoms with E-state index in [0.29, 0.717) is 0 Å². The highest BCUT2D eigenvalue weighted by molar-refractivity contribution is 5.04. The number of aryl methyl sites for hydroxylation is 1. The molecule has 0 aliphatic heterocycles. The molecular weight excluding hydrogens is 188 g/mol. The van der Waals surface area contributed by atoms with Gasteiger partial charge in [0.15, 0.2) is 0 Å². The van der Waals surface area contributed by atoms with Gasteiger partial charge < -0.3 is 5.73 Å². The molecule has 1 aliphatic rings. The summed E-state index contributed by atoms with van der Waals surface area (Å²) < 4.78 is 1.86. The van der Waals surface area contributed by atoms with Crippen molar-refractivity contribution in [2.45, 2.75) is 31.8 Å². The van der Waals surface area contributed by atoms with Crippen molar-refractivity contribution in [2.75, 3.05) is 13.1 Å². The van der Waals surface area contributed by atoms with E-state index in [4.69, 9.17) is 5.73 Å². The summed E-state index contributed by atoms with van der Waals surface area (Å²) in [4.78, 5) is 2.49. The van der Waals surface area contributed by atoms with Crippen LogP contribution in [0.3, 0.4) is 0 Å². The van der Waals surface area contributed by atoms with E-state index < -0.39 is 0 Å². The number of nitrogens with two attached hydrogens (primary N) is 1. The zero-order valence-corrected chi connectivity index (χ0v) is 9.39. The molecule has 0 amide bonds. The van der Waals surface area contributed by atoms with Crippen LogP contribution in [0.1, 0.15) is 24.8 Å². The first-order valence-electron chi connectivity index (χ1n) is 5.71. The minimum absolute atomic E-state index is 0.747. The normalized spacial score (nSPS) is 17.0. The van der Waals surface area contributed by atoms with Crippen LogP contribution in [-0.2, 0) is 13.6 Å². The van der Waals surface area contributed by atoms with Gasteiger partial charge in [-0.25, -0.2) is 0 Å². The lowest BCUT2D eigenvalue weighted by Crippen LogP contribution is -2.42. The first-order chi connectivity index (χ1) is 7.29. The molecule has 1 fully saturated rings. The molecule has 0 saturated heterocycles. The molecule has 84 valence electrons. The van der Waals surface area contributed by atoms with Gasteiger partial charge in [0.2, 0.25) is 0 Å². The van der Waals surface area contributed by atoms with E-state index >= 15 is 0 Å². The maximum absolute atomic E-state index is 5.64. The van der Waals surface area contributed by atoms with Gasteiger partial charge >= 0.3 is 0 Å². The number of aromatic nitrogens is 2. The van der Waals surface area contributed by atoms with Gasteiger partial charge in [0.05, 0.1) is 6.20 Å². The summed E-state index contributed by atoms with van der Waals surface area (Å²) in [6.45, 7) is 2.74. The number of nitrogens with zero attached hydrogens (tertiary/aromatic N) is 3. The zero-order valence-electron chi connectivity index (χ0n) is 9.39. The van der Waals surface area contributed by atoms with Gasteiger partial charge in [0, 0.05) is 44.5 Å². The van der Waals surface area contributed by atoms with Gasteiger partial charge in [-0.3, -0.25) is 9.58 Å².